The maximum atomic E-state index is 5.67. The Morgan fingerprint density at radius 2 is 1.85 bits per heavy atom. The Labute approximate surface area is 122 Å². The normalized spacial score (nSPS) is 34.9. The van der Waals surface area contributed by atoms with Gasteiger partial charge in [-0.05, 0) is 44.1 Å². The van der Waals surface area contributed by atoms with Crippen molar-refractivity contribution in [2.24, 2.45) is 0 Å². The van der Waals surface area contributed by atoms with Crippen LogP contribution in [0, 0.1) is 0 Å². The van der Waals surface area contributed by atoms with Crippen molar-refractivity contribution < 1.29 is 4.74 Å². The van der Waals surface area contributed by atoms with E-state index in [0.29, 0.717) is 24.1 Å². The molecule has 1 aliphatic heterocycles. The zero-order valence-corrected chi connectivity index (χ0v) is 12.6. The van der Waals surface area contributed by atoms with Gasteiger partial charge in [-0.2, -0.15) is 0 Å². The zero-order chi connectivity index (χ0) is 13.8. The van der Waals surface area contributed by atoms with Crippen LogP contribution in [0.1, 0.15) is 56.9 Å². The molecule has 110 valence electrons. The first-order valence-electron chi connectivity index (χ1n) is 8.25. The number of ether oxygens (including phenoxy) is 1. The highest BCUT2D eigenvalue weighted by Crippen LogP contribution is 2.33. The average molecular weight is 273 g/mol. The van der Waals surface area contributed by atoms with Gasteiger partial charge in [-0.3, -0.25) is 0 Å². The highest BCUT2D eigenvalue weighted by Gasteiger charge is 2.29. The molecule has 2 nitrogen and oxygen atoms in total. The maximum absolute atomic E-state index is 5.67. The second-order valence-corrected chi connectivity index (χ2v) is 6.48. The molecule has 0 aromatic heterocycles. The van der Waals surface area contributed by atoms with Crippen LogP contribution < -0.4 is 5.32 Å². The molecule has 1 aromatic carbocycles. The molecule has 20 heavy (non-hydrogen) atoms. The van der Waals surface area contributed by atoms with Crippen LogP contribution in [0.3, 0.4) is 0 Å². The zero-order valence-electron chi connectivity index (χ0n) is 12.6. The van der Waals surface area contributed by atoms with Crippen molar-refractivity contribution >= 4 is 0 Å². The van der Waals surface area contributed by atoms with Gasteiger partial charge in [0.05, 0.1) is 6.10 Å². The van der Waals surface area contributed by atoms with Gasteiger partial charge in [0.2, 0.25) is 0 Å². The maximum Gasteiger partial charge on any atom is 0.0561 e. The lowest BCUT2D eigenvalue weighted by Crippen LogP contribution is -2.47. The van der Waals surface area contributed by atoms with Crippen LogP contribution in [-0.2, 0) is 4.74 Å². The molecule has 1 saturated carbocycles. The molecule has 3 rings (SSSR count). The van der Waals surface area contributed by atoms with E-state index in [0.717, 1.165) is 13.0 Å². The number of hydrogen-bond donors (Lipinski definition) is 1. The Bertz CT molecular complexity index is 405. The van der Waals surface area contributed by atoms with Gasteiger partial charge in [-0.25, -0.2) is 0 Å². The van der Waals surface area contributed by atoms with E-state index in [1.54, 1.807) is 0 Å². The summed E-state index contributed by atoms with van der Waals surface area (Å²) in [6.45, 7) is 3.12. The molecular formula is C18H27NO. The fourth-order valence-electron chi connectivity index (χ4n) is 3.88. The molecule has 0 spiro atoms. The first-order chi connectivity index (χ1) is 9.83. The van der Waals surface area contributed by atoms with Gasteiger partial charge in [-0.15, -0.1) is 0 Å². The Balaban J connectivity index is 1.66. The summed E-state index contributed by atoms with van der Waals surface area (Å²) in [5, 5.41) is 3.96. The minimum atomic E-state index is 0.417. The number of benzene rings is 1. The van der Waals surface area contributed by atoms with Crippen LogP contribution in [-0.4, -0.2) is 24.8 Å². The largest absolute Gasteiger partial charge is 0.378 e. The second kappa shape index (κ2) is 6.73. The molecule has 0 radical (unpaired) electrons. The van der Waals surface area contributed by atoms with Crippen molar-refractivity contribution in [3.05, 3.63) is 35.9 Å². The molecule has 0 amide bonds. The fraction of sp³-hybridized carbons (Fsp3) is 0.667. The van der Waals surface area contributed by atoms with Crippen LogP contribution in [0.2, 0.25) is 0 Å². The first-order valence-corrected chi connectivity index (χ1v) is 8.25. The van der Waals surface area contributed by atoms with E-state index in [-0.39, 0.29) is 0 Å². The summed E-state index contributed by atoms with van der Waals surface area (Å²) in [4.78, 5) is 0. The molecule has 4 atom stereocenters. The predicted octanol–water partition coefficient (Wildman–Crippen LogP) is 3.87. The van der Waals surface area contributed by atoms with E-state index in [1.807, 2.05) is 0 Å². The number of hydrogen-bond acceptors (Lipinski definition) is 2. The molecule has 2 heteroatoms. The summed E-state index contributed by atoms with van der Waals surface area (Å²) < 4.78 is 5.67. The molecule has 2 aliphatic rings. The van der Waals surface area contributed by atoms with Crippen molar-refractivity contribution in [2.45, 2.75) is 69.6 Å². The molecule has 1 N–H and O–H groups in total. The monoisotopic (exact) mass is 273 g/mol. The summed E-state index contributed by atoms with van der Waals surface area (Å²) in [5.41, 5.74) is 1.52. The van der Waals surface area contributed by atoms with E-state index in [4.69, 9.17) is 4.74 Å². The number of rotatable bonds is 3. The topological polar surface area (TPSA) is 21.3 Å². The summed E-state index contributed by atoms with van der Waals surface area (Å²) in [5.74, 6) is 0.697. The minimum absolute atomic E-state index is 0.417. The van der Waals surface area contributed by atoms with Crippen LogP contribution in [0.15, 0.2) is 30.3 Å². The summed E-state index contributed by atoms with van der Waals surface area (Å²) in [6, 6.07) is 12.4. The third kappa shape index (κ3) is 3.42. The smallest absolute Gasteiger partial charge is 0.0561 e. The van der Waals surface area contributed by atoms with Gasteiger partial charge in [-0.1, -0.05) is 43.2 Å². The number of nitrogens with one attached hydrogen (secondary N) is 1. The molecule has 4 unspecified atom stereocenters. The van der Waals surface area contributed by atoms with Gasteiger partial charge in [0.25, 0.3) is 0 Å². The molecule has 0 bridgehead atoms. The van der Waals surface area contributed by atoms with Crippen molar-refractivity contribution in [3.8, 4) is 0 Å². The summed E-state index contributed by atoms with van der Waals surface area (Å²) in [7, 11) is 0. The van der Waals surface area contributed by atoms with Crippen LogP contribution in [0.25, 0.3) is 0 Å². The average Bonchev–Trinajstić information content (AvgIpc) is 2.49. The van der Waals surface area contributed by atoms with Gasteiger partial charge in [0.15, 0.2) is 0 Å². The van der Waals surface area contributed by atoms with E-state index >= 15 is 0 Å². The Morgan fingerprint density at radius 3 is 2.65 bits per heavy atom. The summed E-state index contributed by atoms with van der Waals surface area (Å²) >= 11 is 0. The van der Waals surface area contributed by atoms with Crippen molar-refractivity contribution in [1.29, 1.82) is 0 Å². The van der Waals surface area contributed by atoms with Crippen molar-refractivity contribution in [3.63, 3.8) is 0 Å². The second-order valence-electron chi connectivity index (χ2n) is 6.48. The third-order valence-corrected chi connectivity index (χ3v) is 4.93. The van der Waals surface area contributed by atoms with Crippen LogP contribution in [0.5, 0.6) is 0 Å². The van der Waals surface area contributed by atoms with E-state index in [9.17, 15) is 0 Å². The molecule has 1 saturated heterocycles. The van der Waals surface area contributed by atoms with Gasteiger partial charge < -0.3 is 10.1 Å². The Kier molecular flexibility index (Phi) is 4.74. The predicted molar refractivity (Wildman–Crippen MR) is 83.0 cm³/mol. The van der Waals surface area contributed by atoms with E-state index in [2.05, 4.69) is 42.6 Å². The lowest BCUT2D eigenvalue weighted by Gasteiger charge is -2.38. The molecule has 1 aromatic rings. The standard InChI is InChI=1S/C18H27NO/c1-14-13-16(11-12-20-14)19-18-10-6-5-9-17(18)15-7-3-2-4-8-15/h2-4,7-8,14,16-19H,5-6,9-13H2,1H3. The van der Waals surface area contributed by atoms with Crippen LogP contribution in [0.4, 0.5) is 0 Å². The van der Waals surface area contributed by atoms with Gasteiger partial charge in [0.1, 0.15) is 0 Å². The highest BCUT2D eigenvalue weighted by molar-refractivity contribution is 5.22. The third-order valence-electron chi connectivity index (χ3n) is 4.93. The molecule has 2 fully saturated rings. The highest BCUT2D eigenvalue weighted by atomic mass is 16.5. The lowest BCUT2D eigenvalue weighted by atomic mass is 9.79. The van der Waals surface area contributed by atoms with Crippen molar-refractivity contribution in [1.82, 2.24) is 5.32 Å². The van der Waals surface area contributed by atoms with Gasteiger partial charge in [0, 0.05) is 18.7 Å². The van der Waals surface area contributed by atoms with Crippen molar-refractivity contribution in [2.75, 3.05) is 6.61 Å². The molecule has 1 aliphatic carbocycles. The SMILES string of the molecule is CC1CC(NC2CCCCC2c2ccccc2)CCO1. The Hall–Kier alpha value is -0.860. The van der Waals surface area contributed by atoms with E-state index < -0.39 is 0 Å². The quantitative estimate of drug-likeness (QED) is 0.902. The first kappa shape index (κ1) is 14.1. The molecular weight excluding hydrogens is 246 g/mol. The summed E-state index contributed by atoms with van der Waals surface area (Å²) in [6.07, 6.45) is 8.16. The molecule has 1 heterocycles. The van der Waals surface area contributed by atoms with E-state index in [1.165, 1.54) is 37.7 Å². The lowest BCUT2D eigenvalue weighted by molar-refractivity contribution is 0.00970. The van der Waals surface area contributed by atoms with Crippen LogP contribution >= 0.6 is 0 Å². The fourth-order valence-corrected chi connectivity index (χ4v) is 3.88. The minimum Gasteiger partial charge on any atom is -0.378 e. The van der Waals surface area contributed by atoms with Gasteiger partial charge >= 0.3 is 0 Å². The Morgan fingerprint density at radius 1 is 1.05 bits per heavy atom.